The van der Waals surface area contributed by atoms with E-state index in [1.165, 1.54) is 11.6 Å². The van der Waals surface area contributed by atoms with Gasteiger partial charge in [0.15, 0.2) is 6.54 Å². The van der Waals surface area contributed by atoms with Crippen LogP contribution in [0.1, 0.15) is 31.2 Å². The zero-order valence-corrected chi connectivity index (χ0v) is 12.8. The van der Waals surface area contributed by atoms with Crippen molar-refractivity contribution in [2.24, 2.45) is 4.99 Å². The lowest BCUT2D eigenvalue weighted by molar-refractivity contribution is -0.770. The number of hydrogen-bond donors (Lipinski definition) is 1. The number of aryl methyl sites for hydroxylation is 2. The standard InChI is InChI=1S/C15H19N3O4/c1-10(19)14-15(16-11(2)20)22-17-18(14)9-8-12-6-4-5-7-13(12)21-3/h4-7,10,19H,8-9H2,1-3H3. The van der Waals surface area contributed by atoms with Crippen LogP contribution < -0.4 is 14.5 Å². The fourth-order valence-corrected chi connectivity index (χ4v) is 2.20. The maximum atomic E-state index is 11.1. The van der Waals surface area contributed by atoms with Gasteiger partial charge in [-0.1, -0.05) is 18.2 Å². The molecule has 22 heavy (non-hydrogen) atoms. The largest absolute Gasteiger partial charge is 0.862 e. The Morgan fingerprint density at radius 2 is 2.23 bits per heavy atom. The van der Waals surface area contributed by atoms with Crippen molar-refractivity contribution in [1.82, 2.24) is 5.27 Å². The van der Waals surface area contributed by atoms with Crippen LogP contribution in [0.2, 0.25) is 0 Å². The van der Waals surface area contributed by atoms with E-state index in [9.17, 15) is 10.2 Å². The van der Waals surface area contributed by atoms with Crippen LogP contribution in [0.4, 0.5) is 5.88 Å². The van der Waals surface area contributed by atoms with Crippen molar-refractivity contribution in [3.8, 4) is 5.75 Å². The number of methoxy groups -OCH3 is 1. The minimum absolute atomic E-state index is 0.0440. The van der Waals surface area contributed by atoms with Gasteiger partial charge in [0, 0.05) is 12.0 Å². The molecule has 0 saturated heterocycles. The summed E-state index contributed by atoms with van der Waals surface area (Å²) < 4.78 is 11.9. The Bertz CT molecular complexity index is 661. The Morgan fingerprint density at radius 3 is 2.86 bits per heavy atom. The van der Waals surface area contributed by atoms with E-state index in [2.05, 4.69) is 10.3 Å². The highest BCUT2D eigenvalue weighted by atomic mass is 16.5. The van der Waals surface area contributed by atoms with E-state index in [0.29, 0.717) is 18.7 Å². The molecule has 2 aromatic rings. The highest BCUT2D eigenvalue weighted by Crippen LogP contribution is 2.22. The highest BCUT2D eigenvalue weighted by Gasteiger charge is 2.28. The topological polar surface area (TPSA) is 94.8 Å². The van der Waals surface area contributed by atoms with Gasteiger partial charge in [-0.2, -0.15) is 0 Å². The summed E-state index contributed by atoms with van der Waals surface area (Å²) in [5, 5.41) is 24.8. The van der Waals surface area contributed by atoms with E-state index in [4.69, 9.17) is 9.26 Å². The maximum absolute atomic E-state index is 11.1. The molecule has 0 radical (unpaired) electrons. The van der Waals surface area contributed by atoms with Gasteiger partial charge in [0.05, 0.1) is 7.11 Å². The molecule has 1 atom stereocenters. The van der Waals surface area contributed by atoms with Crippen LogP contribution in [0.25, 0.3) is 0 Å². The van der Waals surface area contributed by atoms with Crippen molar-refractivity contribution >= 4 is 11.8 Å². The molecule has 0 aliphatic carbocycles. The molecule has 2 rings (SSSR count). The molecule has 7 nitrogen and oxygen atoms in total. The van der Waals surface area contributed by atoms with Crippen molar-refractivity contribution in [2.45, 2.75) is 32.9 Å². The summed E-state index contributed by atoms with van der Waals surface area (Å²) in [4.78, 5) is 3.72. The molecule has 1 aromatic carbocycles. The first-order valence-electron chi connectivity index (χ1n) is 6.95. The number of para-hydroxylation sites is 1. The van der Waals surface area contributed by atoms with Gasteiger partial charge in [0.25, 0.3) is 0 Å². The molecule has 0 aliphatic heterocycles. The van der Waals surface area contributed by atoms with Crippen LogP contribution in [-0.4, -0.2) is 23.4 Å². The van der Waals surface area contributed by atoms with E-state index in [0.717, 1.165) is 11.3 Å². The summed E-state index contributed by atoms with van der Waals surface area (Å²) in [5.41, 5.74) is 1.40. The molecule has 1 unspecified atom stereocenters. The Labute approximate surface area is 128 Å². The van der Waals surface area contributed by atoms with E-state index in [1.807, 2.05) is 24.3 Å². The molecule has 0 bridgehead atoms. The van der Waals surface area contributed by atoms with E-state index < -0.39 is 12.0 Å². The fourth-order valence-electron chi connectivity index (χ4n) is 2.20. The molecule has 1 heterocycles. The SMILES string of the molecule is COc1ccccc1CC[n+]1noc(/N=C(\C)[O-])c1C(C)O. The molecular weight excluding hydrogens is 286 g/mol. The van der Waals surface area contributed by atoms with Crippen LogP contribution in [0.3, 0.4) is 0 Å². The van der Waals surface area contributed by atoms with Crippen LogP contribution in [0.5, 0.6) is 5.75 Å². The summed E-state index contributed by atoms with van der Waals surface area (Å²) >= 11 is 0. The Balaban J connectivity index is 2.23. The number of rotatable bonds is 6. The van der Waals surface area contributed by atoms with Crippen molar-refractivity contribution in [3.63, 3.8) is 0 Å². The van der Waals surface area contributed by atoms with E-state index in [1.54, 1.807) is 14.0 Å². The van der Waals surface area contributed by atoms with Gasteiger partial charge in [-0.15, -0.1) is 0 Å². The minimum Gasteiger partial charge on any atom is -0.862 e. The van der Waals surface area contributed by atoms with Crippen LogP contribution in [-0.2, 0) is 13.0 Å². The van der Waals surface area contributed by atoms with Gasteiger partial charge >= 0.3 is 11.6 Å². The Morgan fingerprint density at radius 1 is 1.50 bits per heavy atom. The summed E-state index contributed by atoms with van der Waals surface area (Å²) in [6.07, 6.45) is -0.206. The van der Waals surface area contributed by atoms with Gasteiger partial charge in [0.2, 0.25) is 5.27 Å². The molecule has 1 aromatic heterocycles. The number of benzene rings is 1. The van der Waals surface area contributed by atoms with E-state index in [-0.39, 0.29) is 5.88 Å². The molecule has 0 aliphatic rings. The molecule has 0 saturated carbocycles. The average Bonchev–Trinajstić information content (AvgIpc) is 2.87. The fraction of sp³-hybridized carbons (Fsp3) is 0.400. The van der Waals surface area contributed by atoms with Gasteiger partial charge in [-0.05, 0) is 30.5 Å². The molecule has 0 amide bonds. The zero-order valence-electron chi connectivity index (χ0n) is 12.8. The summed E-state index contributed by atoms with van der Waals surface area (Å²) in [6.45, 7) is 3.36. The maximum Gasteiger partial charge on any atom is 0.326 e. The molecule has 7 heteroatoms. The van der Waals surface area contributed by atoms with Gasteiger partial charge in [0.1, 0.15) is 11.9 Å². The van der Waals surface area contributed by atoms with E-state index >= 15 is 0 Å². The quantitative estimate of drug-likeness (QED) is 0.481. The second-order valence-electron chi connectivity index (χ2n) is 4.86. The Kier molecular flexibility index (Phi) is 5.11. The first kappa shape index (κ1) is 16.0. The minimum atomic E-state index is -0.845. The van der Waals surface area contributed by atoms with Crippen LogP contribution >= 0.6 is 0 Å². The number of aliphatic hydroxyl groups is 1. The number of aliphatic imine (C=N–C) groups is 1. The number of aliphatic hydroxyl groups excluding tert-OH is 1. The monoisotopic (exact) mass is 305 g/mol. The second kappa shape index (κ2) is 7.04. The smallest absolute Gasteiger partial charge is 0.326 e. The summed E-state index contributed by atoms with van der Waals surface area (Å²) in [6, 6.07) is 7.67. The average molecular weight is 305 g/mol. The highest BCUT2D eigenvalue weighted by molar-refractivity contribution is 5.71. The first-order valence-corrected chi connectivity index (χ1v) is 6.95. The number of hydrogen-bond acceptors (Lipinski definition) is 6. The Hall–Kier alpha value is -2.41. The van der Waals surface area contributed by atoms with Gasteiger partial charge in [-0.25, -0.2) is 4.99 Å². The van der Waals surface area contributed by atoms with Crippen molar-refractivity contribution < 1.29 is 24.2 Å². The third kappa shape index (κ3) is 3.62. The predicted octanol–water partition coefficient (Wildman–Crippen LogP) is 0.677. The zero-order chi connectivity index (χ0) is 16.1. The number of aromatic nitrogens is 2. The lowest BCUT2D eigenvalue weighted by atomic mass is 10.1. The number of nitrogens with zero attached hydrogens (tertiary/aromatic N) is 3. The molecular formula is C15H19N3O4. The van der Waals surface area contributed by atoms with Crippen LogP contribution in [0.15, 0.2) is 33.8 Å². The molecule has 0 spiro atoms. The number of ether oxygens (including phenoxy) is 1. The van der Waals surface area contributed by atoms with Crippen molar-refractivity contribution in [2.75, 3.05) is 7.11 Å². The third-order valence-corrected chi connectivity index (χ3v) is 3.16. The first-order chi connectivity index (χ1) is 10.5. The van der Waals surface area contributed by atoms with Crippen molar-refractivity contribution in [3.05, 3.63) is 35.5 Å². The van der Waals surface area contributed by atoms with Crippen molar-refractivity contribution in [1.29, 1.82) is 0 Å². The van der Waals surface area contributed by atoms with Crippen LogP contribution in [0, 0.1) is 0 Å². The third-order valence-electron chi connectivity index (χ3n) is 3.16. The lowest BCUT2D eigenvalue weighted by Crippen LogP contribution is -2.41. The summed E-state index contributed by atoms with van der Waals surface area (Å²) in [5.74, 6) is 0.427. The van der Waals surface area contributed by atoms with Gasteiger partial charge < -0.3 is 14.9 Å². The second-order valence-corrected chi connectivity index (χ2v) is 4.86. The normalized spacial score (nSPS) is 13.2. The summed E-state index contributed by atoms with van der Waals surface area (Å²) in [7, 11) is 1.62. The molecule has 0 fully saturated rings. The predicted molar refractivity (Wildman–Crippen MR) is 76.8 cm³/mol. The van der Waals surface area contributed by atoms with Gasteiger partial charge in [-0.3, -0.25) is 4.52 Å². The molecule has 1 N–H and O–H groups in total. The lowest BCUT2D eigenvalue weighted by Gasteiger charge is -2.05. The molecule has 118 valence electrons.